The Balaban J connectivity index is 2.00. The van der Waals surface area contributed by atoms with Crippen LogP contribution in [0.15, 0.2) is 42.5 Å². The van der Waals surface area contributed by atoms with Gasteiger partial charge in [-0.1, -0.05) is 31.0 Å². The normalized spacial score (nSPS) is 10.3. The van der Waals surface area contributed by atoms with Crippen LogP contribution < -0.4 is 10.1 Å². The number of unbranched alkanes of at least 4 members (excludes halogenated alkanes) is 1. The highest BCUT2D eigenvalue weighted by Gasteiger charge is 2.08. The molecule has 0 aromatic heterocycles. The molecule has 4 heteroatoms. The van der Waals surface area contributed by atoms with Gasteiger partial charge in [-0.15, -0.1) is 0 Å². The van der Waals surface area contributed by atoms with E-state index in [2.05, 4.69) is 12.2 Å². The van der Waals surface area contributed by atoms with Crippen LogP contribution in [0.5, 0.6) is 5.75 Å². The number of carbonyl (C=O) groups is 1. The molecule has 0 saturated carbocycles. The molecule has 3 nitrogen and oxygen atoms in total. The van der Waals surface area contributed by atoms with Crippen molar-refractivity contribution in [2.45, 2.75) is 26.7 Å². The van der Waals surface area contributed by atoms with Gasteiger partial charge in [0.05, 0.1) is 17.3 Å². The second-order valence-corrected chi connectivity index (χ2v) is 5.57. The monoisotopic (exact) mass is 317 g/mol. The van der Waals surface area contributed by atoms with Gasteiger partial charge in [-0.2, -0.15) is 0 Å². The molecule has 2 rings (SSSR count). The number of nitrogens with one attached hydrogen (secondary N) is 1. The number of aryl methyl sites for hydroxylation is 1. The minimum Gasteiger partial charge on any atom is -0.494 e. The minimum absolute atomic E-state index is 0.189. The molecule has 0 fully saturated rings. The highest BCUT2D eigenvalue weighted by molar-refractivity contribution is 6.34. The highest BCUT2D eigenvalue weighted by atomic mass is 35.5. The van der Waals surface area contributed by atoms with Crippen LogP contribution in [0.2, 0.25) is 5.02 Å². The topological polar surface area (TPSA) is 38.3 Å². The van der Waals surface area contributed by atoms with E-state index in [0.717, 1.165) is 24.2 Å². The molecule has 0 spiro atoms. The first-order valence-electron chi connectivity index (χ1n) is 7.40. The SMILES string of the molecule is CCCCOc1ccc(C(=O)Nc2ccc(C)cc2Cl)cc1. The summed E-state index contributed by atoms with van der Waals surface area (Å²) in [4.78, 5) is 12.2. The molecule has 0 bridgehead atoms. The summed E-state index contributed by atoms with van der Waals surface area (Å²) >= 11 is 6.12. The summed E-state index contributed by atoms with van der Waals surface area (Å²) in [5.41, 5.74) is 2.23. The van der Waals surface area contributed by atoms with Gasteiger partial charge in [0.25, 0.3) is 5.91 Å². The molecule has 0 heterocycles. The van der Waals surface area contributed by atoms with E-state index in [1.807, 2.05) is 19.1 Å². The Labute approximate surface area is 136 Å². The number of hydrogen-bond acceptors (Lipinski definition) is 2. The van der Waals surface area contributed by atoms with Crippen molar-refractivity contribution in [2.75, 3.05) is 11.9 Å². The van der Waals surface area contributed by atoms with Crippen LogP contribution in [-0.4, -0.2) is 12.5 Å². The fourth-order valence-electron chi connectivity index (χ4n) is 1.95. The molecule has 1 N–H and O–H groups in total. The number of carbonyl (C=O) groups excluding carboxylic acids is 1. The molecular formula is C18H20ClNO2. The number of hydrogen-bond donors (Lipinski definition) is 1. The second-order valence-electron chi connectivity index (χ2n) is 5.16. The molecule has 0 unspecified atom stereocenters. The molecule has 0 aliphatic carbocycles. The molecule has 0 aliphatic heterocycles. The summed E-state index contributed by atoms with van der Waals surface area (Å²) in [7, 11) is 0. The summed E-state index contributed by atoms with van der Waals surface area (Å²) in [6.45, 7) is 4.77. The van der Waals surface area contributed by atoms with Crippen LogP contribution in [0.25, 0.3) is 0 Å². The maximum atomic E-state index is 12.2. The predicted octanol–water partition coefficient (Wildman–Crippen LogP) is 5.08. The fraction of sp³-hybridized carbons (Fsp3) is 0.278. The summed E-state index contributed by atoms with van der Waals surface area (Å²) < 4.78 is 5.58. The Hall–Kier alpha value is -2.00. The van der Waals surface area contributed by atoms with Crippen molar-refractivity contribution in [1.29, 1.82) is 0 Å². The van der Waals surface area contributed by atoms with Crippen LogP contribution in [0.4, 0.5) is 5.69 Å². The zero-order valence-corrected chi connectivity index (χ0v) is 13.6. The molecule has 0 saturated heterocycles. The smallest absolute Gasteiger partial charge is 0.255 e. The van der Waals surface area contributed by atoms with E-state index in [1.165, 1.54) is 0 Å². The van der Waals surface area contributed by atoms with Gasteiger partial charge in [-0.3, -0.25) is 4.79 Å². The van der Waals surface area contributed by atoms with Gasteiger partial charge >= 0.3 is 0 Å². The Morgan fingerprint density at radius 1 is 1.18 bits per heavy atom. The van der Waals surface area contributed by atoms with Gasteiger partial charge in [-0.05, 0) is 55.3 Å². The molecule has 0 radical (unpaired) electrons. The van der Waals surface area contributed by atoms with Gasteiger partial charge in [0.15, 0.2) is 0 Å². The molecule has 0 atom stereocenters. The highest BCUT2D eigenvalue weighted by Crippen LogP contribution is 2.23. The van der Waals surface area contributed by atoms with E-state index in [-0.39, 0.29) is 5.91 Å². The zero-order valence-electron chi connectivity index (χ0n) is 12.9. The van der Waals surface area contributed by atoms with Crippen molar-refractivity contribution < 1.29 is 9.53 Å². The third-order valence-corrected chi connectivity index (χ3v) is 3.57. The molecule has 2 aromatic carbocycles. The third-order valence-electron chi connectivity index (χ3n) is 3.26. The lowest BCUT2D eigenvalue weighted by Gasteiger charge is -2.09. The van der Waals surface area contributed by atoms with Gasteiger partial charge in [-0.25, -0.2) is 0 Å². The Bertz CT molecular complexity index is 638. The van der Waals surface area contributed by atoms with Crippen LogP contribution in [0, 0.1) is 6.92 Å². The van der Waals surface area contributed by atoms with Crippen molar-refractivity contribution in [3.05, 3.63) is 58.6 Å². The standard InChI is InChI=1S/C18H20ClNO2/c1-3-4-11-22-15-8-6-14(7-9-15)18(21)20-17-10-5-13(2)12-16(17)19/h5-10,12H,3-4,11H2,1-2H3,(H,20,21). The molecule has 116 valence electrons. The lowest BCUT2D eigenvalue weighted by molar-refractivity contribution is 0.102. The van der Waals surface area contributed by atoms with Crippen molar-refractivity contribution in [2.24, 2.45) is 0 Å². The lowest BCUT2D eigenvalue weighted by atomic mass is 10.2. The van der Waals surface area contributed by atoms with Gasteiger partial charge in [0.1, 0.15) is 5.75 Å². The Morgan fingerprint density at radius 2 is 1.91 bits per heavy atom. The minimum atomic E-state index is -0.189. The number of rotatable bonds is 6. The van der Waals surface area contributed by atoms with Crippen molar-refractivity contribution in [1.82, 2.24) is 0 Å². The summed E-state index contributed by atoms with van der Waals surface area (Å²) in [5, 5.41) is 3.35. The Morgan fingerprint density at radius 3 is 2.55 bits per heavy atom. The van der Waals surface area contributed by atoms with E-state index in [9.17, 15) is 4.79 Å². The number of amides is 1. The fourth-order valence-corrected chi connectivity index (χ4v) is 2.24. The lowest BCUT2D eigenvalue weighted by Crippen LogP contribution is -2.12. The maximum absolute atomic E-state index is 12.2. The largest absolute Gasteiger partial charge is 0.494 e. The number of ether oxygens (including phenoxy) is 1. The zero-order chi connectivity index (χ0) is 15.9. The second kappa shape index (κ2) is 7.85. The predicted molar refractivity (Wildman–Crippen MR) is 91.0 cm³/mol. The quantitative estimate of drug-likeness (QED) is 0.754. The van der Waals surface area contributed by atoms with Crippen molar-refractivity contribution in [3.8, 4) is 5.75 Å². The first-order chi connectivity index (χ1) is 10.6. The van der Waals surface area contributed by atoms with Crippen molar-refractivity contribution >= 4 is 23.2 Å². The molecule has 0 aliphatic rings. The summed E-state index contributed by atoms with van der Waals surface area (Å²) in [6, 6.07) is 12.6. The average molecular weight is 318 g/mol. The Kier molecular flexibility index (Phi) is 5.84. The van der Waals surface area contributed by atoms with E-state index >= 15 is 0 Å². The molecular weight excluding hydrogens is 298 g/mol. The number of halogens is 1. The van der Waals surface area contributed by atoms with Crippen LogP contribution in [0.3, 0.4) is 0 Å². The van der Waals surface area contributed by atoms with Gasteiger partial charge in [0, 0.05) is 5.56 Å². The third kappa shape index (κ3) is 4.50. The van der Waals surface area contributed by atoms with Gasteiger partial charge in [0.2, 0.25) is 0 Å². The first kappa shape index (κ1) is 16.4. The summed E-state index contributed by atoms with van der Waals surface area (Å²) in [6.07, 6.45) is 2.12. The van der Waals surface area contributed by atoms with Gasteiger partial charge < -0.3 is 10.1 Å². The van der Waals surface area contributed by atoms with Crippen LogP contribution in [-0.2, 0) is 0 Å². The molecule has 2 aromatic rings. The number of anilines is 1. The maximum Gasteiger partial charge on any atom is 0.255 e. The molecule has 1 amide bonds. The van der Waals surface area contributed by atoms with E-state index in [4.69, 9.17) is 16.3 Å². The van der Waals surface area contributed by atoms with Crippen LogP contribution in [0.1, 0.15) is 35.7 Å². The molecule has 22 heavy (non-hydrogen) atoms. The van der Waals surface area contributed by atoms with E-state index in [0.29, 0.717) is 22.9 Å². The first-order valence-corrected chi connectivity index (χ1v) is 7.78. The van der Waals surface area contributed by atoms with Crippen molar-refractivity contribution in [3.63, 3.8) is 0 Å². The van der Waals surface area contributed by atoms with E-state index < -0.39 is 0 Å². The average Bonchev–Trinajstić information content (AvgIpc) is 2.51. The number of benzene rings is 2. The van der Waals surface area contributed by atoms with Crippen LogP contribution >= 0.6 is 11.6 Å². The summed E-state index contributed by atoms with van der Waals surface area (Å²) in [5.74, 6) is 0.587. The van der Waals surface area contributed by atoms with E-state index in [1.54, 1.807) is 30.3 Å².